The summed E-state index contributed by atoms with van der Waals surface area (Å²) >= 11 is 0. The first-order chi connectivity index (χ1) is 21.8. The third-order valence-electron chi connectivity index (χ3n) is 7.21. The van der Waals surface area contributed by atoms with E-state index in [4.69, 9.17) is 9.47 Å². The molecule has 4 aromatic rings. The summed E-state index contributed by atoms with van der Waals surface area (Å²) in [4.78, 5) is 30.7. The fourth-order valence-electron chi connectivity index (χ4n) is 4.82. The van der Waals surface area contributed by atoms with Gasteiger partial charge in [0.05, 0.1) is 43.3 Å². The Balaban J connectivity index is 1.88. The van der Waals surface area contributed by atoms with Gasteiger partial charge in [0.1, 0.15) is 28.8 Å². The van der Waals surface area contributed by atoms with E-state index in [1.165, 1.54) is 18.5 Å². The zero-order chi connectivity index (χ0) is 34.9. The Hall–Kier alpha value is -4.40. The lowest BCUT2D eigenvalue weighted by Gasteiger charge is -2.33. The largest absolute Gasteiger partial charge is 0.468 e. The lowest BCUT2D eigenvalue weighted by atomic mass is 9.79. The van der Waals surface area contributed by atoms with Crippen molar-refractivity contribution < 1.29 is 45.0 Å². The first kappa shape index (κ1) is 35.5. The number of ether oxygens (including phenoxy) is 2. The normalized spacial score (nSPS) is 14.3. The van der Waals surface area contributed by atoms with Gasteiger partial charge >= 0.3 is 18.3 Å². The van der Waals surface area contributed by atoms with E-state index in [2.05, 4.69) is 19.9 Å². The number of methoxy groups -OCH3 is 1. The van der Waals surface area contributed by atoms with Gasteiger partial charge in [-0.1, -0.05) is 0 Å². The summed E-state index contributed by atoms with van der Waals surface area (Å²) in [5.74, 6) is -1.88. The lowest BCUT2D eigenvalue weighted by molar-refractivity contribution is -0.152. The van der Waals surface area contributed by atoms with Crippen molar-refractivity contribution in [2.75, 3.05) is 20.3 Å². The van der Waals surface area contributed by atoms with Gasteiger partial charge < -0.3 is 14.0 Å². The fraction of sp³-hybridized carbons (Fsp3) is 0.406. The maximum atomic E-state index is 15.8. The number of carbonyl (C=O) groups is 1. The zero-order valence-electron chi connectivity index (χ0n) is 26.3. The van der Waals surface area contributed by atoms with Gasteiger partial charge in [0, 0.05) is 23.4 Å². The smallest absolute Gasteiger partial charge is 0.416 e. The second-order valence-electron chi connectivity index (χ2n) is 12.1. The van der Waals surface area contributed by atoms with Crippen LogP contribution in [0.2, 0.25) is 0 Å². The molecule has 0 bridgehead atoms. The predicted molar refractivity (Wildman–Crippen MR) is 159 cm³/mol. The van der Waals surface area contributed by atoms with E-state index in [1.807, 2.05) is 18.4 Å². The summed E-state index contributed by atoms with van der Waals surface area (Å²) in [5, 5.41) is 0. The quantitative estimate of drug-likeness (QED) is 0.104. The number of nitrogens with zero attached hydrogens (tertiary/aromatic N) is 5. The van der Waals surface area contributed by atoms with E-state index < -0.39 is 65.0 Å². The van der Waals surface area contributed by atoms with Crippen molar-refractivity contribution in [3.05, 3.63) is 77.1 Å². The van der Waals surface area contributed by atoms with Gasteiger partial charge in [-0.2, -0.15) is 26.3 Å². The molecule has 4 rings (SSSR count). The van der Waals surface area contributed by atoms with Crippen molar-refractivity contribution in [3.63, 3.8) is 0 Å². The first-order valence-corrected chi connectivity index (χ1v) is 14.3. The molecule has 0 aliphatic heterocycles. The predicted octanol–water partition coefficient (Wildman–Crippen LogP) is 7.60. The van der Waals surface area contributed by atoms with Crippen LogP contribution in [0.25, 0.3) is 22.4 Å². The molecule has 2 heterocycles. The van der Waals surface area contributed by atoms with Crippen molar-refractivity contribution in [1.82, 2.24) is 19.5 Å². The Morgan fingerprint density at radius 1 is 0.957 bits per heavy atom. The summed E-state index contributed by atoms with van der Waals surface area (Å²) in [7, 11) is 1.05. The Labute approximate surface area is 265 Å². The van der Waals surface area contributed by atoms with Gasteiger partial charge in [-0.15, -0.1) is 0 Å². The highest BCUT2D eigenvalue weighted by Crippen LogP contribution is 2.37. The van der Waals surface area contributed by atoms with E-state index in [0.29, 0.717) is 34.6 Å². The summed E-state index contributed by atoms with van der Waals surface area (Å²) in [6, 6.07) is 4.84. The molecule has 0 aliphatic carbocycles. The SMILES string of the molecule is COC(=O)C(C/N=C/c1cc(C(F)(F)F)cc(C(F)(F)F)c1)(COC(C)(C)C)c1cc(-c2ncnc3c2ncn3C(C)C)ccc1F. The molecule has 15 heteroatoms. The number of hydrogen-bond donors (Lipinski definition) is 0. The van der Waals surface area contributed by atoms with Crippen LogP contribution in [-0.4, -0.2) is 57.6 Å². The molecule has 8 nitrogen and oxygen atoms in total. The number of rotatable bonds is 9. The Morgan fingerprint density at radius 2 is 1.60 bits per heavy atom. The number of carbonyl (C=O) groups excluding carboxylic acids is 1. The van der Waals surface area contributed by atoms with Crippen LogP contribution in [0.1, 0.15) is 62.9 Å². The summed E-state index contributed by atoms with van der Waals surface area (Å²) in [6.45, 7) is 7.71. The third-order valence-corrected chi connectivity index (χ3v) is 7.21. The van der Waals surface area contributed by atoms with Gasteiger partial charge in [-0.3, -0.25) is 9.79 Å². The van der Waals surface area contributed by atoms with E-state index in [1.54, 1.807) is 27.1 Å². The minimum Gasteiger partial charge on any atom is -0.468 e. The molecular weight excluding hydrogens is 635 g/mol. The average Bonchev–Trinajstić information content (AvgIpc) is 3.42. The van der Waals surface area contributed by atoms with Crippen LogP contribution in [-0.2, 0) is 32.0 Å². The van der Waals surface area contributed by atoms with Crippen molar-refractivity contribution in [1.29, 1.82) is 0 Å². The third kappa shape index (κ3) is 7.77. The summed E-state index contributed by atoms with van der Waals surface area (Å²) in [6.07, 6.45) is -6.51. The number of aliphatic imine (C=N–C) groups is 1. The molecule has 0 fully saturated rings. The highest BCUT2D eigenvalue weighted by Gasteiger charge is 2.45. The van der Waals surface area contributed by atoms with Crippen LogP contribution in [0, 0.1) is 5.82 Å². The number of halogens is 7. The Morgan fingerprint density at radius 3 is 2.15 bits per heavy atom. The number of imidazole rings is 1. The summed E-state index contributed by atoms with van der Waals surface area (Å²) < 4.78 is 109. The molecule has 0 N–H and O–H groups in total. The maximum Gasteiger partial charge on any atom is 0.416 e. The standard InChI is InChI=1S/C32H32F7N5O3/c1-18(2)44-17-43-26-25(41-16-42-27(26)44)20-7-8-24(33)23(11-20)30(28(45)46-6,15-47-29(3,4)5)14-40-13-19-9-21(31(34,35)36)12-22(10-19)32(37,38)39/h7-13,16-18H,14-15H2,1-6H3/b40-13+. The van der Waals surface area contributed by atoms with E-state index >= 15 is 4.39 Å². The van der Waals surface area contributed by atoms with Gasteiger partial charge in [0.2, 0.25) is 0 Å². The molecule has 0 saturated carbocycles. The van der Waals surface area contributed by atoms with Gasteiger partial charge in [-0.25, -0.2) is 19.3 Å². The molecule has 1 unspecified atom stereocenters. The molecular formula is C32H32F7N5O3. The highest BCUT2D eigenvalue weighted by molar-refractivity contribution is 5.89. The second kappa shape index (κ2) is 13.0. The van der Waals surface area contributed by atoms with E-state index in [-0.39, 0.29) is 17.7 Å². The Kier molecular flexibility index (Phi) is 9.81. The second-order valence-corrected chi connectivity index (χ2v) is 12.1. The van der Waals surface area contributed by atoms with Gasteiger partial charge in [-0.05, 0) is 76.6 Å². The molecule has 0 spiro atoms. The number of hydrogen-bond acceptors (Lipinski definition) is 7. The molecule has 0 radical (unpaired) electrons. The monoisotopic (exact) mass is 667 g/mol. The van der Waals surface area contributed by atoms with Crippen LogP contribution in [0.3, 0.4) is 0 Å². The minimum absolute atomic E-state index is 0.00921. The molecule has 1 atom stereocenters. The zero-order valence-corrected chi connectivity index (χ0v) is 26.3. The van der Waals surface area contributed by atoms with Crippen molar-refractivity contribution >= 4 is 23.3 Å². The van der Waals surface area contributed by atoms with Crippen LogP contribution in [0.5, 0.6) is 0 Å². The van der Waals surface area contributed by atoms with Crippen LogP contribution < -0.4 is 0 Å². The Bertz CT molecular complexity index is 1760. The minimum atomic E-state index is -5.08. The van der Waals surface area contributed by atoms with E-state index in [0.717, 1.165) is 19.4 Å². The average molecular weight is 668 g/mol. The number of benzene rings is 2. The molecule has 47 heavy (non-hydrogen) atoms. The molecule has 0 aliphatic rings. The van der Waals surface area contributed by atoms with Crippen molar-refractivity contribution in [3.8, 4) is 11.3 Å². The molecule has 2 aromatic carbocycles. The molecule has 2 aromatic heterocycles. The lowest BCUT2D eigenvalue weighted by Crippen LogP contribution is -2.47. The summed E-state index contributed by atoms with van der Waals surface area (Å²) in [5.41, 5.74) is -5.23. The van der Waals surface area contributed by atoms with Crippen LogP contribution in [0.15, 0.2) is 54.0 Å². The molecule has 252 valence electrons. The number of aromatic nitrogens is 4. The maximum absolute atomic E-state index is 15.8. The molecule has 0 amide bonds. The van der Waals surface area contributed by atoms with Crippen molar-refractivity contribution in [2.24, 2.45) is 4.99 Å². The van der Waals surface area contributed by atoms with Crippen LogP contribution in [0.4, 0.5) is 30.7 Å². The topological polar surface area (TPSA) is 91.5 Å². The number of alkyl halides is 6. The van der Waals surface area contributed by atoms with Gasteiger partial charge in [0.15, 0.2) is 5.65 Å². The molecule has 0 saturated heterocycles. The first-order valence-electron chi connectivity index (χ1n) is 14.3. The number of fused-ring (bicyclic) bond motifs is 1. The van der Waals surface area contributed by atoms with Crippen LogP contribution >= 0.6 is 0 Å². The number of esters is 1. The van der Waals surface area contributed by atoms with Crippen molar-refractivity contribution in [2.45, 2.75) is 64.0 Å². The van der Waals surface area contributed by atoms with E-state index in [9.17, 15) is 31.1 Å². The fourth-order valence-corrected chi connectivity index (χ4v) is 4.82. The highest BCUT2D eigenvalue weighted by atomic mass is 19.4. The van der Waals surface area contributed by atoms with Gasteiger partial charge in [0.25, 0.3) is 0 Å².